The van der Waals surface area contributed by atoms with Crippen molar-refractivity contribution in [3.05, 3.63) is 36.8 Å². The number of nitrogens with one attached hydrogen (secondary N) is 3. The zero-order chi connectivity index (χ0) is 22.2. The van der Waals surface area contributed by atoms with E-state index in [-0.39, 0.29) is 11.9 Å². The van der Waals surface area contributed by atoms with Crippen LogP contribution in [0, 0.1) is 0 Å². The van der Waals surface area contributed by atoms with E-state index in [9.17, 15) is 9.59 Å². The number of methoxy groups -OCH3 is 1. The Morgan fingerprint density at radius 3 is 2.58 bits per heavy atom. The predicted octanol–water partition coefficient (Wildman–Crippen LogP) is 3.72. The molecule has 1 aliphatic rings. The van der Waals surface area contributed by atoms with Gasteiger partial charge in [0.25, 0.3) is 0 Å². The van der Waals surface area contributed by atoms with Crippen LogP contribution in [0.3, 0.4) is 0 Å². The molecule has 3 amide bonds. The number of benzene rings is 1. The first-order valence-corrected chi connectivity index (χ1v) is 10.5. The Morgan fingerprint density at radius 1 is 1.13 bits per heavy atom. The quantitative estimate of drug-likeness (QED) is 0.623. The SMILES string of the molecule is COc1cc(NC(=O)C(C)N(C)C2CCCCC2)ccc1NC(=O)Nc1cnccn1. The first-order valence-electron chi connectivity index (χ1n) is 10.5. The highest BCUT2D eigenvalue weighted by atomic mass is 16.5. The van der Waals surface area contributed by atoms with Crippen LogP contribution in [0.2, 0.25) is 0 Å². The van der Waals surface area contributed by atoms with Crippen LogP contribution in [-0.4, -0.2) is 53.0 Å². The summed E-state index contributed by atoms with van der Waals surface area (Å²) in [6.45, 7) is 1.92. The third-order valence-corrected chi connectivity index (χ3v) is 5.66. The minimum absolute atomic E-state index is 0.0729. The molecule has 1 heterocycles. The number of hydrogen-bond acceptors (Lipinski definition) is 6. The lowest BCUT2D eigenvalue weighted by Gasteiger charge is -2.34. The molecule has 1 saturated carbocycles. The fraction of sp³-hybridized carbons (Fsp3) is 0.455. The third-order valence-electron chi connectivity index (χ3n) is 5.66. The molecule has 2 aromatic rings. The molecule has 9 heteroatoms. The highest BCUT2D eigenvalue weighted by Gasteiger charge is 2.26. The van der Waals surface area contributed by atoms with Crippen molar-refractivity contribution in [2.75, 3.05) is 30.1 Å². The Kier molecular flexibility index (Phi) is 7.77. The van der Waals surface area contributed by atoms with E-state index in [0.717, 1.165) is 12.8 Å². The lowest BCUT2D eigenvalue weighted by atomic mass is 9.93. The number of urea groups is 1. The standard InChI is InChI=1S/C22H30N6O3/c1-15(28(2)17-7-5-4-6-8-17)21(29)25-16-9-10-18(19(13-16)31-3)26-22(30)27-20-14-23-11-12-24-20/h9-15,17H,4-8H2,1-3H3,(H,25,29)(H2,24,26,27,30). The summed E-state index contributed by atoms with van der Waals surface area (Å²) in [5.41, 5.74) is 1.07. The molecule has 1 aliphatic carbocycles. The lowest BCUT2D eigenvalue weighted by Crippen LogP contribution is -2.46. The maximum absolute atomic E-state index is 12.8. The van der Waals surface area contributed by atoms with E-state index in [0.29, 0.717) is 29.0 Å². The monoisotopic (exact) mass is 426 g/mol. The van der Waals surface area contributed by atoms with Crippen LogP contribution in [-0.2, 0) is 4.79 Å². The molecule has 166 valence electrons. The molecule has 9 nitrogen and oxygen atoms in total. The molecular weight excluding hydrogens is 396 g/mol. The smallest absolute Gasteiger partial charge is 0.324 e. The van der Waals surface area contributed by atoms with Crippen molar-refractivity contribution in [1.82, 2.24) is 14.9 Å². The van der Waals surface area contributed by atoms with Crippen LogP contribution >= 0.6 is 0 Å². The molecule has 0 spiro atoms. The van der Waals surface area contributed by atoms with Crippen LogP contribution in [0.4, 0.5) is 22.0 Å². The Labute approximate surface area is 182 Å². The number of carbonyl (C=O) groups is 2. The Hall–Kier alpha value is -3.20. The zero-order valence-corrected chi connectivity index (χ0v) is 18.2. The number of carbonyl (C=O) groups excluding carboxylic acids is 2. The molecule has 0 radical (unpaired) electrons. The van der Waals surface area contributed by atoms with Gasteiger partial charge >= 0.3 is 6.03 Å². The summed E-state index contributed by atoms with van der Waals surface area (Å²) in [7, 11) is 3.52. The van der Waals surface area contributed by atoms with E-state index in [4.69, 9.17) is 4.74 Å². The topological polar surface area (TPSA) is 108 Å². The maximum Gasteiger partial charge on any atom is 0.324 e. The number of aromatic nitrogens is 2. The Bertz CT molecular complexity index is 886. The van der Waals surface area contributed by atoms with Crippen molar-refractivity contribution >= 4 is 29.1 Å². The molecule has 3 N–H and O–H groups in total. The summed E-state index contributed by atoms with van der Waals surface area (Å²) in [6.07, 6.45) is 10.5. The summed E-state index contributed by atoms with van der Waals surface area (Å²) in [4.78, 5) is 35.0. The first-order chi connectivity index (χ1) is 15.0. The Morgan fingerprint density at radius 2 is 1.90 bits per heavy atom. The van der Waals surface area contributed by atoms with E-state index < -0.39 is 6.03 Å². The van der Waals surface area contributed by atoms with Gasteiger partial charge in [0.05, 0.1) is 25.0 Å². The van der Waals surface area contributed by atoms with Crippen LogP contribution in [0.25, 0.3) is 0 Å². The van der Waals surface area contributed by atoms with Gasteiger partial charge in [-0.15, -0.1) is 0 Å². The van der Waals surface area contributed by atoms with Gasteiger partial charge in [0.2, 0.25) is 5.91 Å². The molecule has 1 fully saturated rings. The number of nitrogens with zero attached hydrogens (tertiary/aromatic N) is 3. The molecule has 0 aliphatic heterocycles. The molecule has 1 atom stereocenters. The second-order valence-corrected chi connectivity index (χ2v) is 7.71. The fourth-order valence-corrected chi connectivity index (χ4v) is 3.74. The van der Waals surface area contributed by atoms with Crippen molar-refractivity contribution in [1.29, 1.82) is 0 Å². The zero-order valence-electron chi connectivity index (χ0n) is 18.2. The molecule has 0 bridgehead atoms. The fourth-order valence-electron chi connectivity index (χ4n) is 3.74. The summed E-state index contributed by atoms with van der Waals surface area (Å²) >= 11 is 0. The highest BCUT2D eigenvalue weighted by molar-refractivity contribution is 6.00. The number of amides is 3. The van der Waals surface area contributed by atoms with Gasteiger partial charge in [0.1, 0.15) is 5.75 Å². The van der Waals surface area contributed by atoms with Gasteiger partial charge < -0.3 is 15.4 Å². The molecule has 1 aromatic carbocycles. The minimum Gasteiger partial charge on any atom is -0.494 e. The minimum atomic E-state index is -0.474. The van der Waals surface area contributed by atoms with E-state index in [1.165, 1.54) is 45.0 Å². The van der Waals surface area contributed by atoms with Crippen molar-refractivity contribution in [2.24, 2.45) is 0 Å². The van der Waals surface area contributed by atoms with Gasteiger partial charge in [-0.1, -0.05) is 19.3 Å². The largest absolute Gasteiger partial charge is 0.494 e. The summed E-state index contributed by atoms with van der Waals surface area (Å²) in [6, 6.07) is 4.82. The predicted molar refractivity (Wildman–Crippen MR) is 120 cm³/mol. The molecule has 0 saturated heterocycles. The average Bonchev–Trinajstić information content (AvgIpc) is 2.80. The third kappa shape index (κ3) is 6.14. The number of likely N-dealkylation sites (N-methyl/N-ethyl adjacent to an activating group) is 1. The van der Waals surface area contributed by atoms with Gasteiger partial charge in [-0.05, 0) is 38.9 Å². The molecule has 3 rings (SSSR count). The van der Waals surface area contributed by atoms with Gasteiger partial charge in [0.15, 0.2) is 5.82 Å². The maximum atomic E-state index is 12.8. The normalized spacial score (nSPS) is 15.2. The molecule has 1 unspecified atom stereocenters. The van der Waals surface area contributed by atoms with Crippen molar-refractivity contribution < 1.29 is 14.3 Å². The van der Waals surface area contributed by atoms with E-state index >= 15 is 0 Å². The summed E-state index contributed by atoms with van der Waals surface area (Å²) < 4.78 is 5.39. The van der Waals surface area contributed by atoms with Crippen molar-refractivity contribution in [2.45, 2.75) is 51.1 Å². The Balaban J connectivity index is 1.60. The first kappa shape index (κ1) is 22.5. The summed E-state index contributed by atoms with van der Waals surface area (Å²) in [5, 5.41) is 8.25. The van der Waals surface area contributed by atoms with Gasteiger partial charge in [-0.25, -0.2) is 9.78 Å². The molecule has 1 aromatic heterocycles. The van der Waals surface area contributed by atoms with Gasteiger partial charge in [-0.2, -0.15) is 0 Å². The van der Waals surface area contributed by atoms with E-state index in [2.05, 4.69) is 30.8 Å². The van der Waals surface area contributed by atoms with Crippen molar-refractivity contribution in [3.8, 4) is 5.75 Å². The highest BCUT2D eigenvalue weighted by Crippen LogP contribution is 2.29. The van der Waals surface area contributed by atoms with Crippen LogP contribution in [0.15, 0.2) is 36.8 Å². The van der Waals surface area contributed by atoms with Crippen molar-refractivity contribution in [3.63, 3.8) is 0 Å². The lowest BCUT2D eigenvalue weighted by molar-refractivity contribution is -0.121. The molecular formula is C22H30N6O3. The van der Waals surface area contributed by atoms with Crippen LogP contribution in [0.5, 0.6) is 5.75 Å². The number of hydrogen-bond donors (Lipinski definition) is 3. The van der Waals surface area contributed by atoms with Crippen LogP contribution in [0.1, 0.15) is 39.0 Å². The van der Waals surface area contributed by atoms with E-state index in [1.807, 2.05) is 14.0 Å². The van der Waals surface area contributed by atoms with E-state index in [1.54, 1.807) is 18.2 Å². The second kappa shape index (κ2) is 10.7. The molecule has 31 heavy (non-hydrogen) atoms. The number of anilines is 3. The summed E-state index contributed by atoms with van der Waals surface area (Å²) in [5.74, 6) is 0.690. The van der Waals surface area contributed by atoms with Crippen LogP contribution < -0.4 is 20.7 Å². The second-order valence-electron chi connectivity index (χ2n) is 7.71. The van der Waals surface area contributed by atoms with Gasteiger partial charge in [-0.3, -0.25) is 20.0 Å². The number of ether oxygens (including phenoxy) is 1. The number of rotatable bonds is 7. The average molecular weight is 427 g/mol. The van der Waals surface area contributed by atoms with Gasteiger partial charge in [0, 0.05) is 30.2 Å².